The fourth-order valence-corrected chi connectivity index (χ4v) is 2.41. The number of halogens is 3. The number of nitrogens with one attached hydrogen (secondary N) is 3. The first-order chi connectivity index (χ1) is 12.6. The second-order valence-electron chi connectivity index (χ2n) is 6.03. The molecular weight excluding hydrogens is 359 g/mol. The summed E-state index contributed by atoms with van der Waals surface area (Å²) in [5, 5.41) is 8.27. The molecule has 27 heavy (non-hydrogen) atoms. The van der Waals surface area contributed by atoms with Gasteiger partial charge < -0.3 is 16.0 Å². The van der Waals surface area contributed by atoms with Crippen molar-refractivity contribution < 1.29 is 22.8 Å². The molecule has 0 unspecified atom stereocenters. The van der Waals surface area contributed by atoms with Crippen LogP contribution in [0, 0.1) is 0 Å². The summed E-state index contributed by atoms with van der Waals surface area (Å²) < 4.78 is 37.8. The Bertz CT molecular complexity index is 805. The molecule has 0 saturated carbocycles. The average molecular weight is 379 g/mol. The first-order valence-electron chi connectivity index (χ1n) is 8.23. The molecule has 144 valence electrons. The monoisotopic (exact) mass is 379 g/mol. The smallest absolute Gasteiger partial charge is 0.326 e. The van der Waals surface area contributed by atoms with Gasteiger partial charge in [-0.15, -0.1) is 0 Å². The maximum atomic E-state index is 12.6. The minimum atomic E-state index is -4.37. The van der Waals surface area contributed by atoms with Crippen molar-refractivity contribution in [3.63, 3.8) is 0 Å². The number of rotatable bonds is 6. The highest BCUT2D eigenvalue weighted by Gasteiger charge is 2.30. The third-order valence-electron chi connectivity index (χ3n) is 3.77. The van der Waals surface area contributed by atoms with Crippen LogP contribution in [0.1, 0.15) is 31.0 Å². The van der Waals surface area contributed by atoms with Crippen LogP contribution in [0.2, 0.25) is 0 Å². The molecule has 8 heteroatoms. The molecule has 0 aromatic heterocycles. The Balaban J connectivity index is 1.88. The lowest BCUT2D eigenvalue weighted by Crippen LogP contribution is -2.30. The third kappa shape index (κ3) is 6.41. The van der Waals surface area contributed by atoms with Gasteiger partial charge in [0.2, 0.25) is 11.8 Å². The lowest BCUT2D eigenvalue weighted by Gasteiger charge is -2.15. The Morgan fingerprint density at radius 3 is 2.15 bits per heavy atom. The predicted molar refractivity (Wildman–Crippen MR) is 97.2 cm³/mol. The van der Waals surface area contributed by atoms with Gasteiger partial charge in [0.05, 0.1) is 12.1 Å². The third-order valence-corrected chi connectivity index (χ3v) is 3.77. The zero-order chi connectivity index (χ0) is 20.0. The van der Waals surface area contributed by atoms with Crippen LogP contribution in [0.3, 0.4) is 0 Å². The number of benzene rings is 2. The van der Waals surface area contributed by atoms with Gasteiger partial charge in [0, 0.05) is 24.3 Å². The standard InChI is InChI=1S/C19H20F3N3O2/c1-12(14-6-8-15(9-7-14)19(20,21)22)23-11-18(27)25-17-5-3-4-16(10-17)24-13(2)26/h3-10,12,23H,11H2,1-2H3,(H,24,26)(H,25,27)/t12-/m1/s1. The Labute approximate surface area is 155 Å². The van der Waals surface area contributed by atoms with Crippen molar-refractivity contribution in [2.45, 2.75) is 26.1 Å². The van der Waals surface area contributed by atoms with Crippen molar-refractivity contribution in [2.75, 3.05) is 17.2 Å². The van der Waals surface area contributed by atoms with E-state index < -0.39 is 11.7 Å². The van der Waals surface area contributed by atoms with Gasteiger partial charge in [-0.2, -0.15) is 13.2 Å². The molecule has 5 nitrogen and oxygen atoms in total. The molecule has 0 fully saturated rings. The zero-order valence-electron chi connectivity index (χ0n) is 14.9. The summed E-state index contributed by atoms with van der Waals surface area (Å²) in [6, 6.07) is 11.2. The van der Waals surface area contributed by atoms with Gasteiger partial charge in [-0.1, -0.05) is 18.2 Å². The molecule has 2 aromatic carbocycles. The highest BCUT2D eigenvalue weighted by Crippen LogP contribution is 2.29. The lowest BCUT2D eigenvalue weighted by molar-refractivity contribution is -0.137. The Kier molecular flexibility index (Phi) is 6.57. The van der Waals surface area contributed by atoms with Gasteiger partial charge in [-0.3, -0.25) is 9.59 Å². The van der Waals surface area contributed by atoms with E-state index in [4.69, 9.17) is 0 Å². The molecule has 0 aliphatic carbocycles. The van der Waals surface area contributed by atoms with Gasteiger partial charge in [0.25, 0.3) is 0 Å². The van der Waals surface area contributed by atoms with Crippen LogP contribution in [0.15, 0.2) is 48.5 Å². The van der Waals surface area contributed by atoms with Crippen LogP contribution in [0.25, 0.3) is 0 Å². The molecule has 0 bridgehead atoms. The van der Waals surface area contributed by atoms with Gasteiger partial charge in [0.15, 0.2) is 0 Å². The molecule has 0 aliphatic rings. The van der Waals surface area contributed by atoms with E-state index in [2.05, 4.69) is 16.0 Å². The number of amides is 2. The average Bonchev–Trinajstić information content (AvgIpc) is 2.59. The van der Waals surface area contributed by atoms with E-state index in [1.807, 2.05) is 0 Å². The van der Waals surface area contributed by atoms with E-state index in [1.165, 1.54) is 19.1 Å². The number of hydrogen-bond donors (Lipinski definition) is 3. The molecule has 0 aliphatic heterocycles. The summed E-state index contributed by atoms with van der Waals surface area (Å²) in [6.45, 7) is 3.12. The Morgan fingerprint density at radius 2 is 1.59 bits per heavy atom. The van der Waals surface area contributed by atoms with Crippen LogP contribution >= 0.6 is 0 Å². The van der Waals surface area contributed by atoms with Crippen molar-refractivity contribution in [1.82, 2.24) is 5.32 Å². The van der Waals surface area contributed by atoms with Crippen molar-refractivity contribution in [1.29, 1.82) is 0 Å². The minimum Gasteiger partial charge on any atom is -0.326 e. The van der Waals surface area contributed by atoms with E-state index in [1.54, 1.807) is 31.2 Å². The molecule has 0 radical (unpaired) electrons. The topological polar surface area (TPSA) is 70.2 Å². The van der Waals surface area contributed by atoms with Crippen LogP contribution in [0.4, 0.5) is 24.5 Å². The fourth-order valence-electron chi connectivity index (χ4n) is 2.41. The Hall–Kier alpha value is -2.87. The number of anilines is 2. The first kappa shape index (κ1) is 20.4. The second-order valence-corrected chi connectivity index (χ2v) is 6.03. The van der Waals surface area contributed by atoms with Crippen LogP contribution in [0.5, 0.6) is 0 Å². The maximum Gasteiger partial charge on any atom is 0.416 e. The normalized spacial score (nSPS) is 12.3. The highest BCUT2D eigenvalue weighted by atomic mass is 19.4. The summed E-state index contributed by atoms with van der Waals surface area (Å²) in [4.78, 5) is 23.1. The number of hydrogen-bond acceptors (Lipinski definition) is 3. The van der Waals surface area contributed by atoms with E-state index in [0.29, 0.717) is 16.9 Å². The molecular formula is C19H20F3N3O2. The number of carbonyl (C=O) groups is 2. The van der Waals surface area contributed by atoms with Crippen LogP contribution in [-0.2, 0) is 15.8 Å². The fraction of sp³-hybridized carbons (Fsp3) is 0.263. The van der Waals surface area contributed by atoms with E-state index >= 15 is 0 Å². The second kappa shape index (κ2) is 8.68. The van der Waals surface area contributed by atoms with Crippen LogP contribution < -0.4 is 16.0 Å². The summed E-state index contributed by atoms with van der Waals surface area (Å²) in [5.74, 6) is -0.528. The molecule has 3 N–H and O–H groups in total. The molecule has 2 rings (SSSR count). The van der Waals surface area contributed by atoms with Gasteiger partial charge in [0.1, 0.15) is 0 Å². The first-order valence-corrected chi connectivity index (χ1v) is 8.23. The quantitative estimate of drug-likeness (QED) is 0.712. The molecule has 0 heterocycles. The van der Waals surface area contributed by atoms with E-state index in [-0.39, 0.29) is 24.4 Å². The number of alkyl halides is 3. The molecule has 0 saturated heterocycles. The van der Waals surface area contributed by atoms with E-state index in [0.717, 1.165) is 12.1 Å². The van der Waals surface area contributed by atoms with Crippen molar-refractivity contribution >= 4 is 23.2 Å². The van der Waals surface area contributed by atoms with Crippen LogP contribution in [-0.4, -0.2) is 18.4 Å². The van der Waals surface area contributed by atoms with Crippen molar-refractivity contribution in [2.24, 2.45) is 0 Å². The van der Waals surface area contributed by atoms with Crippen molar-refractivity contribution in [3.8, 4) is 0 Å². The molecule has 0 spiro atoms. The summed E-state index contributed by atoms with van der Waals surface area (Å²) >= 11 is 0. The zero-order valence-corrected chi connectivity index (χ0v) is 14.9. The highest BCUT2D eigenvalue weighted by molar-refractivity contribution is 5.94. The van der Waals surface area contributed by atoms with Gasteiger partial charge in [-0.25, -0.2) is 0 Å². The SMILES string of the molecule is CC(=O)Nc1cccc(NC(=O)CN[C@H](C)c2ccc(C(F)(F)F)cc2)c1. The van der Waals surface area contributed by atoms with Crippen molar-refractivity contribution in [3.05, 3.63) is 59.7 Å². The number of carbonyl (C=O) groups excluding carboxylic acids is 2. The lowest BCUT2D eigenvalue weighted by atomic mass is 10.1. The Morgan fingerprint density at radius 1 is 1.00 bits per heavy atom. The summed E-state index contributed by atoms with van der Waals surface area (Å²) in [5.41, 5.74) is 1.01. The van der Waals surface area contributed by atoms with E-state index in [9.17, 15) is 22.8 Å². The molecule has 2 amide bonds. The molecule has 1 atom stereocenters. The van der Waals surface area contributed by atoms with Gasteiger partial charge in [-0.05, 0) is 42.8 Å². The van der Waals surface area contributed by atoms with Gasteiger partial charge >= 0.3 is 6.18 Å². The predicted octanol–water partition coefficient (Wildman–Crippen LogP) is 3.95. The molecule has 2 aromatic rings. The maximum absolute atomic E-state index is 12.6. The summed E-state index contributed by atoms with van der Waals surface area (Å²) in [7, 11) is 0. The minimum absolute atomic E-state index is 0.0213. The summed E-state index contributed by atoms with van der Waals surface area (Å²) in [6.07, 6.45) is -4.37. The largest absolute Gasteiger partial charge is 0.416 e.